The Labute approximate surface area is 93.4 Å². The van der Waals surface area contributed by atoms with Crippen molar-refractivity contribution in [1.29, 1.82) is 0 Å². The number of aromatic amines is 1. The van der Waals surface area contributed by atoms with Crippen molar-refractivity contribution in [2.75, 3.05) is 18.1 Å². The Morgan fingerprint density at radius 2 is 2.56 bits per heavy atom. The second-order valence-corrected chi connectivity index (χ2v) is 3.29. The number of aromatic nitrogens is 1. The number of hydrogen-bond donors (Lipinski definition) is 1. The molecule has 0 aromatic carbocycles. The molecule has 0 saturated carbocycles. The average molecular weight is 219 g/mol. The molecule has 2 heterocycles. The SMILES string of the molecule is CCOC(=O)C1=CN(c2ccc[nH]2)C=NC1. The van der Waals surface area contributed by atoms with Crippen LogP contribution in [0.15, 0.2) is 35.1 Å². The van der Waals surface area contributed by atoms with E-state index in [0.29, 0.717) is 18.7 Å². The highest BCUT2D eigenvalue weighted by molar-refractivity contribution is 5.93. The van der Waals surface area contributed by atoms with Crippen molar-refractivity contribution < 1.29 is 9.53 Å². The lowest BCUT2D eigenvalue weighted by Gasteiger charge is -2.18. The molecule has 1 aromatic rings. The van der Waals surface area contributed by atoms with Gasteiger partial charge in [0.25, 0.3) is 0 Å². The third kappa shape index (κ3) is 2.13. The minimum Gasteiger partial charge on any atom is -0.463 e. The van der Waals surface area contributed by atoms with Crippen LogP contribution >= 0.6 is 0 Å². The van der Waals surface area contributed by atoms with Gasteiger partial charge in [-0.05, 0) is 19.1 Å². The molecule has 0 aliphatic carbocycles. The van der Waals surface area contributed by atoms with Crippen molar-refractivity contribution in [1.82, 2.24) is 4.98 Å². The summed E-state index contributed by atoms with van der Waals surface area (Å²) >= 11 is 0. The minimum absolute atomic E-state index is 0.309. The molecular weight excluding hydrogens is 206 g/mol. The van der Waals surface area contributed by atoms with Crippen LogP contribution in [0.3, 0.4) is 0 Å². The molecule has 2 rings (SSSR count). The van der Waals surface area contributed by atoms with Gasteiger partial charge >= 0.3 is 5.97 Å². The maximum atomic E-state index is 11.5. The van der Waals surface area contributed by atoms with Gasteiger partial charge in [-0.2, -0.15) is 0 Å². The number of hydrogen-bond acceptors (Lipinski definition) is 4. The summed E-state index contributed by atoms with van der Waals surface area (Å²) in [5.41, 5.74) is 0.555. The van der Waals surface area contributed by atoms with Crippen molar-refractivity contribution in [3.63, 3.8) is 0 Å². The van der Waals surface area contributed by atoms with Gasteiger partial charge in [0, 0.05) is 12.4 Å². The number of rotatable bonds is 3. The second-order valence-electron chi connectivity index (χ2n) is 3.29. The number of nitrogens with zero attached hydrogens (tertiary/aromatic N) is 2. The van der Waals surface area contributed by atoms with Crippen LogP contribution in [0.5, 0.6) is 0 Å². The predicted molar refractivity (Wildman–Crippen MR) is 61.3 cm³/mol. The van der Waals surface area contributed by atoms with Gasteiger partial charge in [0.05, 0.1) is 25.1 Å². The fourth-order valence-corrected chi connectivity index (χ4v) is 1.42. The molecule has 0 fully saturated rings. The van der Waals surface area contributed by atoms with E-state index >= 15 is 0 Å². The summed E-state index contributed by atoms with van der Waals surface area (Å²) in [6.07, 6.45) is 5.22. The third-order valence-corrected chi connectivity index (χ3v) is 2.16. The summed E-state index contributed by atoms with van der Waals surface area (Å²) in [5, 5.41) is 0. The zero-order valence-corrected chi connectivity index (χ0v) is 9.01. The van der Waals surface area contributed by atoms with Gasteiger partial charge in [-0.15, -0.1) is 0 Å². The first-order valence-corrected chi connectivity index (χ1v) is 5.10. The highest BCUT2D eigenvalue weighted by atomic mass is 16.5. The highest BCUT2D eigenvalue weighted by Crippen LogP contribution is 2.14. The van der Waals surface area contributed by atoms with Crippen LogP contribution in [0.4, 0.5) is 5.82 Å². The maximum absolute atomic E-state index is 11.5. The molecule has 0 radical (unpaired) electrons. The molecule has 0 atom stereocenters. The third-order valence-electron chi connectivity index (χ3n) is 2.16. The number of nitrogens with one attached hydrogen (secondary N) is 1. The summed E-state index contributed by atoms with van der Waals surface area (Å²) in [7, 11) is 0. The molecule has 0 unspecified atom stereocenters. The Morgan fingerprint density at radius 1 is 1.69 bits per heavy atom. The summed E-state index contributed by atoms with van der Waals surface area (Å²) < 4.78 is 4.93. The Morgan fingerprint density at radius 3 is 3.25 bits per heavy atom. The number of anilines is 1. The molecule has 5 nitrogen and oxygen atoms in total. The van der Waals surface area contributed by atoms with Crippen LogP contribution in [-0.2, 0) is 9.53 Å². The zero-order valence-electron chi connectivity index (χ0n) is 9.01. The number of carbonyl (C=O) groups excluding carboxylic acids is 1. The van der Waals surface area contributed by atoms with Crippen molar-refractivity contribution in [2.24, 2.45) is 4.99 Å². The summed E-state index contributed by atoms with van der Waals surface area (Å²) in [6.45, 7) is 2.53. The molecule has 84 valence electrons. The molecule has 0 spiro atoms. The van der Waals surface area contributed by atoms with E-state index in [1.165, 1.54) is 0 Å². The van der Waals surface area contributed by atoms with Gasteiger partial charge in [0.1, 0.15) is 5.82 Å². The van der Waals surface area contributed by atoms with Gasteiger partial charge in [0.15, 0.2) is 0 Å². The second kappa shape index (κ2) is 4.65. The highest BCUT2D eigenvalue weighted by Gasteiger charge is 2.15. The van der Waals surface area contributed by atoms with Crippen molar-refractivity contribution in [3.8, 4) is 0 Å². The van der Waals surface area contributed by atoms with Crippen molar-refractivity contribution in [3.05, 3.63) is 30.1 Å². The Balaban J connectivity index is 2.14. The van der Waals surface area contributed by atoms with Crippen molar-refractivity contribution in [2.45, 2.75) is 6.92 Å². The molecule has 5 heteroatoms. The van der Waals surface area contributed by atoms with E-state index in [9.17, 15) is 4.79 Å². The molecule has 0 amide bonds. The number of H-pyrrole nitrogens is 1. The standard InChI is InChI=1S/C11H13N3O2/c1-2-16-11(15)9-6-12-8-14(7-9)10-4-3-5-13-10/h3-5,7-8,13H,2,6H2,1H3. The normalized spacial score (nSPS) is 14.8. The van der Waals surface area contributed by atoms with E-state index in [1.54, 1.807) is 24.4 Å². The van der Waals surface area contributed by atoms with E-state index in [2.05, 4.69) is 9.98 Å². The average Bonchev–Trinajstić information content (AvgIpc) is 2.83. The molecule has 1 aliphatic rings. The maximum Gasteiger partial charge on any atom is 0.337 e. The number of esters is 1. The molecule has 1 aliphatic heterocycles. The van der Waals surface area contributed by atoms with Crippen LogP contribution in [0.1, 0.15) is 6.92 Å². The lowest BCUT2D eigenvalue weighted by atomic mass is 10.2. The summed E-state index contributed by atoms with van der Waals surface area (Å²) in [4.78, 5) is 20.4. The smallest absolute Gasteiger partial charge is 0.337 e. The fourth-order valence-electron chi connectivity index (χ4n) is 1.42. The topological polar surface area (TPSA) is 57.7 Å². The Kier molecular flexibility index (Phi) is 3.05. The van der Waals surface area contributed by atoms with Gasteiger partial charge < -0.3 is 9.72 Å². The first-order chi connectivity index (χ1) is 7.81. The van der Waals surface area contributed by atoms with Gasteiger partial charge in [-0.1, -0.05) is 0 Å². The molecule has 0 bridgehead atoms. The summed E-state index contributed by atoms with van der Waals surface area (Å²) in [5.74, 6) is 0.557. The van der Waals surface area contributed by atoms with Gasteiger partial charge in [-0.25, -0.2) is 4.79 Å². The van der Waals surface area contributed by atoms with Crippen LogP contribution in [-0.4, -0.2) is 30.4 Å². The molecule has 16 heavy (non-hydrogen) atoms. The van der Waals surface area contributed by atoms with E-state index in [1.807, 2.05) is 18.3 Å². The number of aliphatic imine (C=N–C) groups is 1. The monoisotopic (exact) mass is 219 g/mol. The summed E-state index contributed by atoms with van der Waals surface area (Å²) in [6, 6.07) is 3.78. The molecule has 1 aromatic heterocycles. The van der Waals surface area contributed by atoms with Crippen LogP contribution in [0.2, 0.25) is 0 Å². The lowest BCUT2D eigenvalue weighted by Crippen LogP contribution is -2.23. The fraction of sp³-hybridized carbons (Fsp3) is 0.273. The number of carbonyl (C=O) groups is 1. The molecule has 0 saturated heterocycles. The Bertz CT molecular complexity index is 420. The Hall–Kier alpha value is -2.04. The zero-order chi connectivity index (χ0) is 11.4. The largest absolute Gasteiger partial charge is 0.463 e. The van der Waals surface area contributed by atoms with E-state index in [-0.39, 0.29) is 5.97 Å². The molecule has 1 N–H and O–H groups in total. The van der Waals surface area contributed by atoms with Crippen LogP contribution in [0, 0.1) is 0 Å². The van der Waals surface area contributed by atoms with E-state index in [0.717, 1.165) is 5.82 Å². The molecular formula is C11H13N3O2. The van der Waals surface area contributed by atoms with Gasteiger partial charge in [-0.3, -0.25) is 9.89 Å². The quantitative estimate of drug-likeness (QED) is 0.780. The van der Waals surface area contributed by atoms with Crippen LogP contribution in [0.25, 0.3) is 0 Å². The van der Waals surface area contributed by atoms with E-state index < -0.39 is 0 Å². The first-order valence-electron chi connectivity index (χ1n) is 5.10. The van der Waals surface area contributed by atoms with Crippen LogP contribution < -0.4 is 4.90 Å². The predicted octanol–water partition coefficient (Wildman–Crippen LogP) is 1.31. The van der Waals surface area contributed by atoms with E-state index in [4.69, 9.17) is 4.74 Å². The van der Waals surface area contributed by atoms with Crippen molar-refractivity contribution >= 4 is 18.1 Å². The lowest BCUT2D eigenvalue weighted by molar-refractivity contribution is -0.138. The first kappa shape index (κ1) is 10.5. The number of ether oxygens (including phenoxy) is 1. The minimum atomic E-state index is -0.309. The van der Waals surface area contributed by atoms with Gasteiger partial charge in [0.2, 0.25) is 0 Å².